The van der Waals surface area contributed by atoms with Gasteiger partial charge in [-0.15, -0.1) is 24.0 Å². The van der Waals surface area contributed by atoms with Gasteiger partial charge in [0.2, 0.25) is 0 Å². The Morgan fingerprint density at radius 3 is 2.54 bits per heavy atom. The third-order valence-corrected chi connectivity index (χ3v) is 4.19. The van der Waals surface area contributed by atoms with Crippen LogP contribution in [0, 0.1) is 18.8 Å². The van der Waals surface area contributed by atoms with Gasteiger partial charge >= 0.3 is 0 Å². The predicted molar refractivity (Wildman–Crippen MR) is 124 cm³/mol. The first-order valence-corrected chi connectivity index (χ1v) is 9.93. The number of nitrogens with one attached hydrogen (secondary N) is 3. The molecule has 0 radical (unpaired) electrons. The molecule has 7 nitrogen and oxygen atoms in total. The average Bonchev–Trinajstić information content (AvgIpc) is 3.04. The van der Waals surface area contributed by atoms with Crippen LogP contribution >= 0.6 is 24.0 Å². The summed E-state index contributed by atoms with van der Waals surface area (Å²) in [4.78, 5) is 16.6. The van der Waals surface area contributed by atoms with Crippen LogP contribution in [0.1, 0.15) is 56.2 Å². The number of aryl methyl sites for hydroxylation is 1. The van der Waals surface area contributed by atoms with Gasteiger partial charge in [0, 0.05) is 38.3 Å². The van der Waals surface area contributed by atoms with Crippen molar-refractivity contribution in [2.24, 2.45) is 16.8 Å². The lowest BCUT2D eigenvalue weighted by molar-refractivity contribution is 0.0925. The van der Waals surface area contributed by atoms with E-state index in [-0.39, 0.29) is 36.5 Å². The van der Waals surface area contributed by atoms with Crippen LogP contribution in [0.5, 0.6) is 0 Å². The number of hydrogen-bond donors (Lipinski definition) is 4. The fourth-order valence-corrected chi connectivity index (χ4v) is 2.88. The molecule has 0 aliphatic heterocycles. The van der Waals surface area contributed by atoms with Gasteiger partial charge in [-0.05, 0) is 51.0 Å². The third kappa shape index (κ3) is 10.9. The zero-order valence-electron chi connectivity index (χ0n) is 17.6. The Kier molecular flexibility index (Phi) is 14.9. The van der Waals surface area contributed by atoms with Crippen molar-refractivity contribution in [3.63, 3.8) is 0 Å². The molecule has 4 N–H and O–H groups in total. The van der Waals surface area contributed by atoms with Crippen molar-refractivity contribution >= 4 is 35.8 Å². The maximum atomic E-state index is 12.0. The zero-order chi connectivity index (χ0) is 20.1. The summed E-state index contributed by atoms with van der Waals surface area (Å²) in [7, 11) is 0. The molecule has 1 rings (SSSR count). The summed E-state index contributed by atoms with van der Waals surface area (Å²) in [5.74, 6) is 1.95. The largest absolute Gasteiger partial charge is 0.459 e. The van der Waals surface area contributed by atoms with Crippen molar-refractivity contribution in [2.75, 3.05) is 32.8 Å². The van der Waals surface area contributed by atoms with Gasteiger partial charge in [-0.3, -0.25) is 9.79 Å². The Labute approximate surface area is 186 Å². The highest BCUT2D eigenvalue weighted by Gasteiger charge is 2.12. The minimum Gasteiger partial charge on any atom is -0.459 e. The number of halogens is 1. The van der Waals surface area contributed by atoms with Crippen LogP contribution in [-0.2, 0) is 0 Å². The molecule has 0 fully saturated rings. The first-order valence-electron chi connectivity index (χ1n) is 9.93. The van der Waals surface area contributed by atoms with Crippen molar-refractivity contribution < 1.29 is 14.3 Å². The predicted octanol–water partition coefficient (Wildman–Crippen LogP) is 2.93. The van der Waals surface area contributed by atoms with Crippen molar-refractivity contribution in [3.8, 4) is 0 Å². The zero-order valence-corrected chi connectivity index (χ0v) is 19.9. The van der Waals surface area contributed by atoms with E-state index in [1.807, 2.05) is 13.8 Å². The highest BCUT2D eigenvalue weighted by atomic mass is 127. The number of aliphatic hydroxyl groups is 1. The highest BCUT2D eigenvalue weighted by Crippen LogP contribution is 2.15. The van der Waals surface area contributed by atoms with Crippen molar-refractivity contribution in [2.45, 2.75) is 47.0 Å². The first-order chi connectivity index (χ1) is 13.0. The Bertz CT molecular complexity index is 576. The SMILES string of the molecule is CCNC(=NCC(CCO)CC(C)C)NCCCNC(=O)c1occc1C.I. The number of amides is 1. The maximum Gasteiger partial charge on any atom is 0.287 e. The number of carbonyl (C=O) groups is 1. The number of furan rings is 1. The Morgan fingerprint density at radius 1 is 1.25 bits per heavy atom. The molecule has 1 aromatic heterocycles. The van der Waals surface area contributed by atoms with Gasteiger partial charge in [-0.2, -0.15) is 0 Å². The van der Waals surface area contributed by atoms with E-state index in [0.717, 1.165) is 37.3 Å². The molecule has 1 aromatic rings. The lowest BCUT2D eigenvalue weighted by atomic mass is 9.94. The fourth-order valence-electron chi connectivity index (χ4n) is 2.88. The number of carbonyl (C=O) groups excluding carboxylic acids is 1. The molecule has 162 valence electrons. The lowest BCUT2D eigenvalue weighted by Gasteiger charge is -2.17. The van der Waals surface area contributed by atoms with Gasteiger partial charge in [0.15, 0.2) is 11.7 Å². The van der Waals surface area contributed by atoms with E-state index in [1.54, 1.807) is 6.07 Å². The van der Waals surface area contributed by atoms with Crippen LogP contribution in [-0.4, -0.2) is 49.8 Å². The van der Waals surface area contributed by atoms with Crippen molar-refractivity contribution in [3.05, 3.63) is 23.7 Å². The summed E-state index contributed by atoms with van der Waals surface area (Å²) in [6.45, 7) is 11.2. The molecule has 1 atom stereocenters. The minimum atomic E-state index is -0.182. The molecule has 0 saturated heterocycles. The van der Waals surface area contributed by atoms with Crippen molar-refractivity contribution in [1.29, 1.82) is 0 Å². The maximum absolute atomic E-state index is 12.0. The summed E-state index contributed by atoms with van der Waals surface area (Å²) in [6.07, 6.45) is 4.14. The Morgan fingerprint density at radius 2 is 1.96 bits per heavy atom. The number of guanidine groups is 1. The summed E-state index contributed by atoms with van der Waals surface area (Å²) < 4.78 is 5.18. The summed E-state index contributed by atoms with van der Waals surface area (Å²) >= 11 is 0. The summed E-state index contributed by atoms with van der Waals surface area (Å²) in [5.41, 5.74) is 0.839. The van der Waals surface area contributed by atoms with E-state index in [9.17, 15) is 9.90 Å². The van der Waals surface area contributed by atoms with E-state index in [0.29, 0.717) is 37.2 Å². The second kappa shape index (κ2) is 15.6. The minimum absolute atomic E-state index is 0. The van der Waals surface area contributed by atoms with E-state index in [4.69, 9.17) is 4.42 Å². The first kappa shape index (κ1) is 26.7. The molecule has 0 aliphatic rings. The second-order valence-electron chi connectivity index (χ2n) is 7.20. The fraction of sp³-hybridized carbons (Fsp3) is 0.700. The van der Waals surface area contributed by atoms with E-state index in [1.165, 1.54) is 6.26 Å². The second-order valence-corrected chi connectivity index (χ2v) is 7.20. The normalized spacial score (nSPS) is 12.4. The number of aliphatic hydroxyl groups excluding tert-OH is 1. The van der Waals surface area contributed by atoms with Gasteiger partial charge in [0.1, 0.15) is 0 Å². The van der Waals surface area contributed by atoms with Crippen LogP contribution < -0.4 is 16.0 Å². The molecular weight excluding hydrogens is 471 g/mol. The Hall–Kier alpha value is -1.29. The third-order valence-electron chi connectivity index (χ3n) is 4.19. The molecule has 8 heteroatoms. The molecule has 1 unspecified atom stereocenters. The summed E-state index contributed by atoms with van der Waals surface area (Å²) in [5, 5.41) is 18.6. The number of nitrogens with zero attached hydrogens (tertiary/aromatic N) is 1. The van der Waals surface area contributed by atoms with Gasteiger partial charge < -0.3 is 25.5 Å². The molecule has 0 aliphatic carbocycles. The van der Waals surface area contributed by atoms with Crippen molar-refractivity contribution in [1.82, 2.24) is 16.0 Å². The number of hydrogen-bond acceptors (Lipinski definition) is 4. The molecule has 0 saturated carbocycles. The molecular formula is C20H37IN4O3. The molecule has 0 spiro atoms. The number of aliphatic imine (C=N–C) groups is 1. The Balaban J connectivity index is 0.00000729. The molecule has 0 aromatic carbocycles. The number of rotatable bonds is 12. The van der Waals surface area contributed by atoms with E-state index in [2.05, 4.69) is 34.8 Å². The van der Waals surface area contributed by atoms with E-state index < -0.39 is 0 Å². The van der Waals surface area contributed by atoms with E-state index >= 15 is 0 Å². The molecule has 28 heavy (non-hydrogen) atoms. The quantitative estimate of drug-likeness (QED) is 0.151. The molecule has 1 amide bonds. The van der Waals surface area contributed by atoms with Crippen LogP contribution in [0.25, 0.3) is 0 Å². The standard InChI is InChI=1S/C20H36N4O3.HI/c1-5-21-20(24-14-17(7-11-25)13-15(2)3)23-10-6-9-22-19(26)18-16(4)8-12-27-18;/h8,12,15,17,25H,5-7,9-11,13-14H2,1-4H3,(H,22,26)(H2,21,23,24);1H. The molecule has 1 heterocycles. The summed E-state index contributed by atoms with van der Waals surface area (Å²) in [6, 6.07) is 1.78. The lowest BCUT2D eigenvalue weighted by Crippen LogP contribution is -2.39. The van der Waals surface area contributed by atoms with Gasteiger partial charge in [0.25, 0.3) is 5.91 Å². The highest BCUT2D eigenvalue weighted by molar-refractivity contribution is 14.0. The smallest absolute Gasteiger partial charge is 0.287 e. The topological polar surface area (TPSA) is 98.9 Å². The van der Waals surface area contributed by atoms with Crippen LogP contribution in [0.3, 0.4) is 0 Å². The van der Waals surface area contributed by atoms with Crippen LogP contribution in [0.2, 0.25) is 0 Å². The van der Waals surface area contributed by atoms with Gasteiger partial charge in [-0.25, -0.2) is 0 Å². The van der Waals surface area contributed by atoms with Gasteiger partial charge in [-0.1, -0.05) is 13.8 Å². The van der Waals surface area contributed by atoms with Crippen LogP contribution in [0.15, 0.2) is 21.7 Å². The van der Waals surface area contributed by atoms with Gasteiger partial charge in [0.05, 0.1) is 6.26 Å². The van der Waals surface area contributed by atoms with Crippen LogP contribution in [0.4, 0.5) is 0 Å². The molecule has 0 bridgehead atoms. The average molecular weight is 508 g/mol. The monoisotopic (exact) mass is 508 g/mol.